The van der Waals surface area contributed by atoms with Crippen molar-refractivity contribution in [2.45, 2.75) is 0 Å². The molecular formula is C20H20N6O2. The minimum Gasteiger partial charge on any atom is -0.496 e. The van der Waals surface area contributed by atoms with Gasteiger partial charge in [-0.3, -0.25) is 0 Å². The third-order valence-corrected chi connectivity index (χ3v) is 5.27. The zero-order valence-electron chi connectivity index (χ0n) is 15.5. The third-order valence-electron chi connectivity index (χ3n) is 5.27. The molecule has 3 heterocycles. The largest absolute Gasteiger partial charge is 0.496 e. The first-order valence-corrected chi connectivity index (χ1v) is 9.23. The van der Waals surface area contributed by atoms with Crippen molar-refractivity contribution in [3.63, 3.8) is 0 Å². The summed E-state index contributed by atoms with van der Waals surface area (Å²) in [6.45, 7) is 3.28. The molecule has 142 valence electrons. The predicted molar refractivity (Wildman–Crippen MR) is 109 cm³/mol. The molecular weight excluding hydrogens is 356 g/mol. The summed E-state index contributed by atoms with van der Waals surface area (Å²) in [6.07, 6.45) is 1.61. The maximum absolute atomic E-state index is 11.7. The quantitative estimate of drug-likeness (QED) is 0.569. The van der Waals surface area contributed by atoms with Gasteiger partial charge in [-0.1, -0.05) is 12.1 Å². The maximum atomic E-state index is 11.7. The molecule has 1 fully saturated rings. The van der Waals surface area contributed by atoms with Crippen LogP contribution >= 0.6 is 0 Å². The SMILES string of the molecule is COc1cccc2ncnc(N3CCN(c4cccc5[nH]c(=O)[nH]c45)CC3)c12. The van der Waals surface area contributed by atoms with Gasteiger partial charge in [-0.15, -0.1) is 0 Å². The second kappa shape index (κ2) is 6.56. The number of rotatable bonds is 3. The van der Waals surface area contributed by atoms with E-state index < -0.39 is 0 Å². The van der Waals surface area contributed by atoms with Gasteiger partial charge in [0.2, 0.25) is 0 Å². The van der Waals surface area contributed by atoms with Crippen LogP contribution in [0.3, 0.4) is 0 Å². The number of nitrogens with zero attached hydrogens (tertiary/aromatic N) is 4. The molecule has 1 aliphatic rings. The maximum Gasteiger partial charge on any atom is 0.323 e. The van der Waals surface area contributed by atoms with Crippen molar-refractivity contribution < 1.29 is 4.74 Å². The molecule has 5 rings (SSSR count). The minimum absolute atomic E-state index is 0.180. The molecule has 8 heteroatoms. The van der Waals surface area contributed by atoms with Crippen molar-refractivity contribution in [1.82, 2.24) is 19.9 Å². The van der Waals surface area contributed by atoms with Crippen molar-refractivity contribution in [2.24, 2.45) is 0 Å². The number of H-pyrrole nitrogens is 2. The summed E-state index contributed by atoms with van der Waals surface area (Å²) in [5, 5.41) is 0.943. The lowest BCUT2D eigenvalue weighted by molar-refractivity contribution is 0.419. The molecule has 4 aromatic rings. The Balaban J connectivity index is 1.45. The van der Waals surface area contributed by atoms with Crippen molar-refractivity contribution in [3.05, 3.63) is 53.2 Å². The summed E-state index contributed by atoms with van der Waals surface area (Å²) < 4.78 is 5.55. The van der Waals surface area contributed by atoms with Crippen LogP contribution in [0.4, 0.5) is 11.5 Å². The Labute approximate surface area is 160 Å². The first-order valence-electron chi connectivity index (χ1n) is 9.23. The van der Waals surface area contributed by atoms with Gasteiger partial charge in [-0.25, -0.2) is 14.8 Å². The number of para-hydroxylation sites is 1. The summed E-state index contributed by atoms with van der Waals surface area (Å²) in [7, 11) is 1.67. The second-order valence-electron chi connectivity index (χ2n) is 6.80. The van der Waals surface area contributed by atoms with Crippen LogP contribution in [-0.2, 0) is 0 Å². The number of anilines is 2. The van der Waals surface area contributed by atoms with E-state index in [0.717, 1.165) is 65.4 Å². The van der Waals surface area contributed by atoms with Crippen LogP contribution in [0.1, 0.15) is 0 Å². The highest BCUT2D eigenvalue weighted by Gasteiger charge is 2.23. The number of benzene rings is 2. The summed E-state index contributed by atoms with van der Waals surface area (Å²) in [5.74, 6) is 1.68. The van der Waals surface area contributed by atoms with Crippen molar-refractivity contribution >= 4 is 33.4 Å². The van der Waals surface area contributed by atoms with Crippen LogP contribution < -0.4 is 20.2 Å². The Morgan fingerprint density at radius 1 is 0.964 bits per heavy atom. The lowest BCUT2D eigenvalue weighted by Crippen LogP contribution is -2.47. The molecule has 0 spiro atoms. The standard InChI is InChI=1S/C20H20N6O2/c1-28-16-7-3-4-13-17(16)19(22-12-21-13)26-10-8-25(9-11-26)15-6-2-5-14-18(15)24-20(27)23-14/h2-7,12H,8-11H2,1H3,(H2,23,24,27). The monoisotopic (exact) mass is 376 g/mol. The molecule has 8 nitrogen and oxygen atoms in total. The van der Waals surface area contributed by atoms with E-state index in [9.17, 15) is 4.79 Å². The van der Waals surface area contributed by atoms with Crippen LogP contribution in [0, 0.1) is 0 Å². The van der Waals surface area contributed by atoms with Gasteiger partial charge in [0.05, 0.1) is 34.7 Å². The number of hydrogen-bond acceptors (Lipinski definition) is 6. The second-order valence-corrected chi connectivity index (χ2v) is 6.80. The fraction of sp³-hybridized carbons (Fsp3) is 0.250. The normalized spacial score (nSPS) is 14.8. The predicted octanol–water partition coefficient (Wildman–Crippen LogP) is 2.13. The Bertz CT molecular complexity index is 1200. The summed E-state index contributed by atoms with van der Waals surface area (Å²) >= 11 is 0. The third kappa shape index (κ3) is 2.65. The highest BCUT2D eigenvalue weighted by molar-refractivity contribution is 5.95. The Kier molecular flexibility index (Phi) is 3.89. The molecule has 2 N–H and O–H groups in total. The van der Waals surface area contributed by atoms with Crippen LogP contribution in [-0.4, -0.2) is 53.2 Å². The van der Waals surface area contributed by atoms with Gasteiger partial charge >= 0.3 is 5.69 Å². The van der Waals surface area contributed by atoms with E-state index in [1.165, 1.54) is 0 Å². The van der Waals surface area contributed by atoms with E-state index in [0.29, 0.717) is 0 Å². The average molecular weight is 376 g/mol. The summed E-state index contributed by atoms with van der Waals surface area (Å²) in [4.78, 5) is 30.9. The van der Waals surface area contributed by atoms with Gasteiger partial charge in [0.15, 0.2) is 0 Å². The molecule has 2 aromatic heterocycles. The summed E-state index contributed by atoms with van der Waals surface area (Å²) in [5.41, 5.74) is 3.43. The fourth-order valence-corrected chi connectivity index (χ4v) is 3.94. The van der Waals surface area contributed by atoms with E-state index >= 15 is 0 Å². The van der Waals surface area contributed by atoms with Gasteiger partial charge in [-0.05, 0) is 24.3 Å². The van der Waals surface area contributed by atoms with Crippen LogP contribution in [0.25, 0.3) is 21.9 Å². The number of ether oxygens (including phenoxy) is 1. The molecule has 0 amide bonds. The van der Waals surface area contributed by atoms with Crippen molar-refractivity contribution in [3.8, 4) is 5.75 Å². The zero-order valence-corrected chi connectivity index (χ0v) is 15.5. The number of methoxy groups -OCH3 is 1. The first-order chi connectivity index (χ1) is 13.7. The number of piperazine rings is 1. The molecule has 0 aliphatic carbocycles. The first kappa shape index (κ1) is 16.6. The fourth-order valence-electron chi connectivity index (χ4n) is 3.94. The molecule has 0 radical (unpaired) electrons. The number of aromatic amines is 2. The molecule has 0 saturated carbocycles. The van der Waals surface area contributed by atoms with E-state index in [1.54, 1.807) is 13.4 Å². The molecule has 28 heavy (non-hydrogen) atoms. The number of imidazole rings is 1. The van der Waals surface area contributed by atoms with E-state index in [1.807, 2.05) is 36.4 Å². The van der Waals surface area contributed by atoms with Gasteiger partial charge in [-0.2, -0.15) is 0 Å². The highest BCUT2D eigenvalue weighted by atomic mass is 16.5. The van der Waals surface area contributed by atoms with Gasteiger partial charge < -0.3 is 24.5 Å². The zero-order chi connectivity index (χ0) is 19.1. The topological polar surface area (TPSA) is 90.1 Å². The van der Waals surface area contributed by atoms with Crippen LogP contribution in [0.5, 0.6) is 5.75 Å². The number of aromatic nitrogens is 4. The van der Waals surface area contributed by atoms with E-state index in [-0.39, 0.29) is 5.69 Å². The van der Waals surface area contributed by atoms with Gasteiger partial charge in [0, 0.05) is 26.2 Å². The summed E-state index contributed by atoms with van der Waals surface area (Å²) in [6, 6.07) is 11.8. The Morgan fingerprint density at radius 3 is 2.57 bits per heavy atom. The molecule has 1 aliphatic heterocycles. The Hall–Kier alpha value is -3.55. The smallest absolute Gasteiger partial charge is 0.323 e. The van der Waals surface area contributed by atoms with Gasteiger partial charge in [0.25, 0.3) is 0 Å². The van der Waals surface area contributed by atoms with Crippen LogP contribution in [0.15, 0.2) is 47.5 Å². The molecule has 2 aromatic carbocycles. The number of fused-ring (bicyclic) bond motifs is 2. The van der Waals surface area contributed by atoms with Crippen LogP contribution in [0.2, 0.25) is 0 Å². The molecule has 0 bridgehead atoms. The van der Waals surface area contributed by atoms with Crippen molar-refractivity contribution in [2.75, 3.05) is 43.1 Å². The lowest BCUT2D eigenvalue weighted by atomic mass is 10.1. The number of nitrogens with one attached hydrogen (secondary N) is 2. The van der Waals surface area contributed by atoms with Gasteiger partial charge in [0.1, 0.15) is 17.9 Å². The molecule has 1 saturated heterocycles. The molecule has 0 atom stereocenters. The minimum atomic E-state index is -0.180. The van der Waals surface area contributed by atoms with Crippen molar-refractivity contribution in [1.29, 1.82) is 0 Å². The average Bonchev–Trinajstić information content (AvgIpc) is 3.13. The number of hydrogen-bond donors (Lipinski definition) is 2. The highest BCUT2D eigenvalue weighted by Crippen LogP contribution is 2.33. The van der Waals surface area contributed by atoms with E-state index in [2.05, 4.69) is 29.7 Å². The lowest BCUT2D eigenvalue weighted by Gasteiger charge is -2.37. The van der Waals surface area contributed by atoms with E-state index in [4.69, 9.17) is 4.74 Å². The molecule has 0 unspecified atom stereocenters. The Morgan fingerprint density at radius 2 is 1.75 bits per heavy atom.